The summed E-state index contributed by atoms with van der Waals surface area (Å²) in [5.41, 5.74) is -2.48. The summed E-state index contributed by atoms with van der Waals surface area (Å²) in [6.45, 7) is 0. The van der Waals surface area contributed by atoms with Crippen LogP contribution in [-0.4, -0.2) is 66.8 Å². The fraction of sp³-hybridized carbons (Fsp3) is 0.188. The average Bonchev–Trinajstić information content (AvgIpc) is 3.10. The third-order valence-electron chi connectivity index (χ3n) is 5.94. The van der Waals surface area contributed by atoms with Crippen molar-refractivity contribution in [2.45, 2.75) is 25.4 Å². The van der Waals surface area contributed by atoms with Gasteiger partial charge in [0.2, 0.25) is 17.4 Å². The Morgan fingerprint density at radius 3 is 1.25 bits per heavy atom. The molecule has 4 aromatic carbocycles. The van der Waals surface area contributed by atoms with Gasteiger partial charge < -0.3 is 48.5 Å². The smallest absolute Gasteiger partial charge is 0.504 e. The first-order valence-corrected chi connectivity index (χ1v) is 15.1. The zero-order chi connectivity index (χ0) is 52.0. The molecule has 0 aliphatic carbocycles. The molecule has 0 saturated heterocycles. The number of phenolic OH excluding ortho intramolecular Hbond substituents is 1. The number of halogens is 17. The molecule has 0 aliphatic rings. The van der Waals surface area contributed by atoms with Crippen molar-refractivity contribution < 1.29 is 137 Å². The number of carboxylic acids is 2. The van der Waals surface area contributed by atoms with Crippen LogP contribution < -0.4 is 33.2 Å². The van der Waals surface area contributed by atoms with Gasteiger partial charge >= 0.3 is 37.4 Å². The van der Waals surface area contributed by atoms with Crippen molar-refractivity contribution in [1.29, 1.82) is 0 Å². The van der Waals surface area contributed by atoms with Gasteiger partial charge in [-0.2, -0.15) is 8.78 Å². The summed E-state index contributed by atoms with van der Waals surface area (Å²) >= 11 is 2.70. The van der Waals surface area contributed by atoms with Crippen molar-refractivity contribution in [3.05, 3.63) is 87.4 Å². The number of aromatic hydroxyl groups is 1. The Labute approximate surface area is 343 Å². The molecule has 4 rings (SSSR count). The number of methoxy groups -OCH3 is 2. The first kappa shape index (κ1) is 41.3. The molecule has 61 heavy (non-hydrogen) atoms. The van der Waals surface area contributed by atoms with Gasteiger partial charge in [0.25, 0.3) is 0 Å². The maximum Gasteiger partial charge on any atom is 0.573 e. The summed E-state index contributed by atoms with van der Waals surface area (Å²) in [6, 6.07) is 4.21. The van der Waals surface area contributed by atoms with Crippen LogP contribution in [-0.2, 0) is 0 Å². The largest absolute Gasteiger partial charge is 0.573 e. The maximum absolute atomic E-state index is 14.5. The number of hydrogen-bond donors (Lipinski definition) is 3. The van der Waals surface area contributed by atoms with E-state index in [0.29, 0.717) is 36.4 Å². The van der Waals surface area contributed by atoms with Crippen LogP contribution in [0.25, 0.3) is 0 Å². The van der Waals surface area contributed by atoms with E-state index in [2.05, 4.69) is 44.4 Å². The predicted octanol–water partition coefficient (Wildman–Crippen LogP) is 10.9. The number of ether oxygens (including phenoxy) is 7. The van der Waals surface area contributed by atoms with Gasteiger partial charge in [-0.25, -0.2) is 18.4 Å². The summed E-state index contributed by atoms with van der Waals surface area (Å²) in [7, 11) is -6.60. The van der Waals surface area contributed by atoms with Gasteiger partial charge in [0.1, 0.15) is 16.9 Å². The van der Waals surface area contributed by atoms with Crippen LogP contribution >= 0.6 is 15.9 Å². The molecule has 0 atom stereocenters. The van der Waals surface area contributed by atoms with E-state index in [9.17, 15) is 79.8 Å². The van der Waals surface area contributed by atoms with E-state index in [1.54, 1.807) is 0 Å². The molecule has 0 aromatic heterocycles. The normalized spacial score (nSPS) is 13.4. The number of aromatic carboxylic acids is 2. The predicted molar refractivity (Wildman–Crippen MR) is 169 cm³/mol. The highest BCUT2D eigenvalue weighted by Gasteiger charge is 2.37. The lowest BCUT2D eigenvalue weighted by molar-refractivity contribution is -0.276. The number of phenols is 1. The fourth-order valence-corrected chi connectivity index (χ4v) is 4.28. The minimum absolute atomic E-state index is 0.174. The van der Waals surface area contributed by atoms with Crippen LogP contribution in [0.3, 0.4) is 0 Å². The number of hydrogen-bond acceptors (Lipinski definition) is 10. The minimum Gasteiger partial charge on any atom is -0.504 e. The Kier molecular flexibility index (Phi) is 13.4. The Morgan fingerprint density at radius 1 is 0.508 bits per heavy atom. The SMILES string of the molecule is O=C(O)c1c(Br)ccc(OC(F)(F)F)c1F.[2H]C([2H])([2H])Oc1c(O)ccc(OC(F)(F)F)c1F.[2H]C([2H])([2H])Oc1c(Oc2ccc(OC(F)(F)F)c(F)c2C(=O)O)ccc(OC(F)(F)F)c1F. The first-order chi connectivity index (χ1) is 30.1. The summed E-state index contributed by atoms with van der Waals surface area (Å²) in [5, 5.41) is 26.8. The molecule has 0 bridgehead atoms. The van der Waals surface area contributed by atoms with Crippen LogP contribution in [0.5, 0.6) is 51.7 Å². The van der Waals surface area contributed by atoms with Crippen LogP contribution in [0, 0.1) is 23.3 Å². The fourth-order valence-electron chi connectivity index (χ4n) is 3.81. The summed E-state index contributed by atoms with van der Waals surface area (Å²) in [6.07, 6.45) is -21.1. The van der Waals surface area contributed by atoms with Crippen molar-refractivity contribution in [2.24, 2.45) is 0 Å². The average molecular weight is 983 g/mol. The molecule has 0 radical (unpaired) electrons. The van der Waals surface area contributed by atoms with Crippen molar-refractivity contribution >= 4 is 27.9 Å². The minimum atomic E-state index is -5.41. The highest BCUT2D eigenvalue weighted by atomic mass is 79.9. The van der Waals surface area contributed by atoms with Crippen molar-refractivity contribution in [2.75, 3.05) is 14.1 Å². The Balaban J connectivity index is 0.000000381. The van der Waals surface area contributed by atoms with Crippen molar-refractivity contribution in [3.63, 3.8) is 0 Å². The Hall–Kier alpha value is -6.42. The van der Waals surface area contributed by atoms with E-state index in [1.165, 1.54) is 0 Å². The third kappa shape index (κ3) is 15.0. The number of carbonyl (C=O) groups is 2. The van der Waals surface area contributed by atoms with E-state index in [4.69, 9.17) is 28.3 Å². The second-order valence-corrected chi connectivity index (χ2v) is 10.9. The number of alkyl halides is 12. The first-order valence-electron chi connectivity index (χ1n) is 17.3. The van der Waals surface area contributed by atoms with Gasteiger partial charge in [0.15, 0.2) is 51.9 Å². The number of carboxylic acid groups (broad SMARTS) is 2. The Bertz CT molecular complexity index is 2430. The molecule has 29 heteroatoms. The molecule has 3 N–H and O–H groups in total. The monoisotopic (exact) mass is 982 g/mol. The summed E-state index contributed by atoms with van der Waals surface area (Å²) in [5.74, 6) is -22.9. The van der Waals surface area contributed by atoms with Crippen LogP contribution in [0.2, 0.25) is 0 Å². The zero-order valence-electron chi connectivity index (χ0n) is 34.1. The zero-order valence-corrected chi connectivity index (χ0v) is 29.6. The molecule has 4 aromatic rings. The standard InChI is InChI=1S/C16H8F8O6.C8H3BrF4O3.C8H6F4O3/c1-27-13-9(5-4-8(12(13)18)30-16(22,23)24)28-6-2-3-7(29-15(19,20)21)11(17)10(6)14(25)26;9-3-1-2-4(16-8(11,12)13)6(10)5(3)7(14)15;1-14-7-4(13)2-3-5(6(7)9)15-8(10,11)12/h2-5H,1H3,(H,25,26);1-2H,(H,14,15);2-3,13H,1H3/i1D3;;1D3. The molecule has 12 nitrogen and oxygen atoms in total. The Morgan fingerprint density at radius 2 is 0.836 bits per heavy atom. The van der Waals surface area contributed by atoms with E-state index in [-0.39, 0.29) is 10.5 Å². The molecule has 0 fully saturated rings. The molecule has 336 valence electrons. The van der Waals surface area contributed by atoms with E-state index >= 15 is 0 Å². The van der Waals surface area contributed by atoms with Crippen LogP contribution in [0.15, 0.2) is 53.0 Å². The molecular formula is C32H17BrF16O12. The third-order valence-corrected chi connectivity index (χ3v) is 6.61. The van der Waals surface area contributed by atoms with Gasteiger partial charge in [-0.15, -0.1) is 52.7 Å². The van der Waals surface area contributed by atoms with E-state index < -0.39 is 138 Å². The number of rotatable bonds is 10. The molecule has 0 amide bonds. The second kappa shape index (κ2) is 19.8. The van der Waals surface area contributed by atoms with Gasteiger partial charge in [-0.05, 0) is 64.5 Å². The van der Waals surface area contributed by atoms with E-state index in [0.717, 1.165) is 6.07 Å². The highest BCUT2D eigenvalue weighted by Crippen LogP contribution is 2.42. The van der Waals surface area contributed by atoms with Crippen LogP contribution in [0.4, 0.5) is 70.2 Å². The second-order valence-electron chi connectivity index (χ2n) is 10.0. The molecular weight excluding hydrogens is 960 g/mol. The lowest BCUT2D eigenvalue weighted by Gasteiger charge is -2.17. The molecule has 0 saturated carbocycles. The molecule has 0 heterocycles. The summed E-state index contributed by atoms with van der Waals surface area (Å²) in [4.78, 5) is 21.9. The van der Waals surface area contributed by atoms with E-state index in [1.807, 2.05) is 0 Å². The quantitative estimate of drug-likeness (QED) is 0.129. The van der Waals surface area contributed by atoms with Crippen LogP contribution in [0.1, 0.15) is 28.9 Å². The number of benzene rings is 4. The topological polar surface area (TPSA) is 159 Å². The van der Waals surface area contributed by atoms with Gasteiger partial charge in [-0.1, -0.05) is 0 Å². The van der Waals surface area contributed by atoms with Gasteiger partial charge in [0, 0.05) is 4.47 Å². The maximum atomic E-state index is 14.5. The lowest BCUT2D eigenvalue weighted by atomic mass is 10.1. The van der Waals surface area contributed by atoms with Crippen molar-refractivity contribution in [1.82, 2.24) is 0 Å². The molecule has 0 aliphatic heterocycles. The molecule has 0 unspecified atom stereocenters. The van der Waals surface area contributed by atoms with Crippen molar-refractivity contribution in [3.8, 4) is 51.7 Å². The molecule has 0 spiro atoms. The lowest BCUT2D eigenvalue weighted by Crippen LogP contribution is -2.19. The highest BCUT2D eigenvalue weighted by molar-refractivity contribution is 9.10. The van der Waals surface area contributed by atoms with Gasteiger partial charge in [0.05, 0.1) is 22.3 Å². The summed E-state index contributed by atoms with van der Waals surface area (Å²) < 4.78 is 268. The van der Waals surface area contributed by atoms with Gasteiger partial charge in [-0.3, -0.25) is 0 Å².